The highest BCUT2D eigenvalue weighted by atomic mass is 35.5. The molecule has 0 spiro atoms. The number of alkyl halides is 2. The summed E-state index contributed by atoms with van der Waals surface area (Å²) in [6.07, 6.45) is 0.703. The molecule has 1 nitrogen and oxygen atoms in total. The molecule has 2 N–H and O–H groups in total. The number of fused-ring (bicyclic) bond motifs is 1. The molecule has 0 aromatic carbocycles. The molecule has 2 aliphatic carbocycles. The van der Waals surface area contributed by atoms with Gasteiger partial charge in [0.1, 0.15) is 0 Å². The fourth-order valence-electron chi connectivity index (χ4n) is 1.89. The molecule has 60 valence electrons. The van der Waals surface area contributed by atoms with E-state index in [-0.39, 0.29) is 30.8 Å². The number of nitrogens with two attached hydrogens (primary N) is 1. The molecule has 2 fully saturated rings. The Morgan fingerprint density at radius 2 is 2.00 bits per heavy atom. The lowest BCUT2D eigenvalue weighted by Crippen LogP contribution is -2.22. The van der Waals surface area contributed by atoms with Crippen LogP contribution in [-0.2, 0) is 0 Å². The average Bonchev–Trinajstić information content (AvgIpc) is 2.24. The maximum absolute atomic E-state index is 12.6. The summed E-state index contributed by atoms with van der Waals surface area (Å²) in [6, 6.07) is -0.186. The van der Waals surface area contributed by atoms with E-state index in [1.807, 2.05) is 0 Å². The Morgan fingerprint density at radius 1 is 1.40 bits per heavy atom. The topological polar surface area (TPSA) is 26.0 Å². The quantitative estimate of drug-likeness (QED) is 0.583. The van der Waals surface area contributed by atoms with Gasteiger partial charge in [-0.25, -0.2) is 8.78 Å². The molecule has 0 aliphatic heterocycles. The molecule has 0 unspecified atom stereocenters. The van der Waals surface area contributed by atoms with Gasteiger partial charge in [-0.1, -0.05) is 0 Å². The van der Waals surface area contributed by atoms with Crippen LogP contribution in [0.1, 0.15) is 12.8 Å². The van der Waals surface area contributed by atoms with Crippen molar-refractivity contribution < 1.29 is 8.78 Å². The summed E-state index contributed by atoms with van der Waals surface area (Å²) in [5, 5.41) is 0. The fraction of sp³-hybridized carbons (Fsp3) is 1.00. The third-order valence-corrected chi connectivity index (χ3v) is 2.53. The first-order valence-corrected chi connectivity index (χ1v) is 3.26. The molecule has 0 amide bonds. The van der Waals surface area contributed by atoms with Gasteiger partial charge < -0.3 is 5.73 Å². The van der Waals surface area contributed by atoms with Crippen LogP contribution in [0.4, 0.5) is 8.78 Å². The fourth-order valence-corrected chi connectivity index (χ4v) is 1.89. The van der Waals surface area contributed by atoms with Gasteiger partial charge in [0.05, 0.1) is 0 Å². The van der Waals surface area contributed by atoms with Gasteiger partial charge in [0, 0.05) is 18.4 Å². The van der Waals surface area contributed by atoms with Crippen LogP contribution in [0.2, 0.25) is 0 Å². The molecule has 10 heavy (non-hydrogen) atoms. The Balaban J connectivity index is 0.000000500. The lowest BCUT2D eigenvalue weighted by molar-refractivity contribution is -0.0164. The molecular weight excluding hydrogens is 160 g/mol. The third kappa shape index (κ3) is 0.839. The zero-order valence-corrected chi connectivity index (χ0v) is 6.20. The zero-order chi connectivity index (χ0) is 6.65. The summed E-state index contributed by atoms with van der Waals surface area (Å²) in [7, 11) is 0. The van der Waals surface area contributed by atoms with E-state index in [0.29, 0.717) is 6.42 Å². The van der Waals surface area contributed by atoms with Crippen molar-refractivity contribution >= 4 is 12.4 Å². The Labute approximate surface area is 64.4 Å². The highest BCUT2D eigenvalue weighted by molar-refractivity contribution is 5.85. The summed E-state index contributed by atoms with van der Waals surface area (Å²) >= 11 is 0. The van der Waals surface area contributed by atoms with Crippen molar-refractivity contribution in [1.82, 2.24) is 0 Å². The Bertz CT molecular complexity index is 151. The molecule has 2 saturated carbocycles. The van der Waals surface area contributed by atoms with Crippen LogP contribution < -0.4 is 5.73 Å². The van der Waals surface area contributed by atoms with Crippen LogP contribution in [0.25, 0.3) is 0 Å². The van der Waals surface area contributed by atoms with Crippen molar-refractivity contribution in [1.29, 1.82) is 0 Å². The minimum Gasteiger partial charge on any atom is -0.327 e. The minimum atomic E-state index is -2.43. The van der Waals surface area contributed by atoms with Gasteiger partial charge in [-0.3, -0.25) is 0 Å². The van der Waals surface area contributed by atoms with Crippen LogP contribution in [0.3, 0.4) is 0 Å². The van der Waals surface area contributed by atoms with Crippen LogP contribution >= 0.6 is 12.4 Å². The van der Waals surface area contributed by atoms with Crippen LogP contribution in [0.15, 0.2) is 0 Å². The summed E-state index contributed by atoms with van der Waals surface area (Å²) in [5.41, 5.74) is 5.37. The van der Waals surface area contributed by atoms with E-state index in [1.165, 1.54) is 0 Å². The summed E-state index contributed by atoms with van der Waals surface area (Å²) in [6.45, 7) is 0. The second kappa shape index (κ2) is 2.05. The molecule has 2 rings (SSSR count). The van der Waals surface area contributed by atoms with Gasteiger partial charge in [0.15, 0.2) is 0 Å². The van der Waals surface area contributed by atoms with Crippen molar-refractivity contribution in [2.75, 3.05) is 0 Å². The zero-order valence-electron chi connectivity index (χ0n) is 5.39. The van der Waals surface area contributed by atoms with Crippen LogP contribution in [0, 0.1) is 11.8 Å². The van der Waals surface area contributed by atoms with Crippen molar-refractivity contribution in [2.24, 2.45) is 17.6 Å². The Hall–Kier alpha value is 0.110. The molecular formula is C6H10ClF2N. The van der Waals surface area contributed by atoms with Crippen molar-refractivity contribution in [3.05, 3.63) is 0 Å². The van der Waals surface area contributed by atoms with Crippen LogP contribution in [0.5, 0.6) is 0 Å². The number of rotatable bonds is 0. The van der Waals surface area contributed by atoms with Crippen molar-refractivity contribution in [3.63, 3.8) is 0 Å². The number of hydrogen-bond acceptors (Lipinski definition) is 1. The Morgan fingerprint density at radius 3 is 2.20 bits per heavy atom. The van der Waals surface area contributed by atoms with E-state index in [9.17, 15) is 8.78 Å². The second-order valence-corrected chi connectivity index (χ2v) is 3.07. The largest absolute Gasteiger partial charge is 0.327 e. The van der Waals surface area contributed by atoms with Gasteiger partial charge in [0.2, 0.25) is 0 Å². The monoisotopic (exact) mass is 169 g/mol. The van der Waals surface area contributed by atoms with E-state index in [2.05, 4.69) is 0 Å². The Kier molecular flexibility index (Phi) is 1.68. The van der Waals surface area contributed by atoms with E-state index in [4.69, 9.17) is 5.73 Å². The summed E-state index contributed by atoms with van der Waals surface area (Å²) in [4.78, 5) is 0. The second-order valence-electron chi connectivity index (χ2n) is 3.07. The maximum atomic E-state index is 12.6. The standard InChI is InChI=1S/C6H9F2N.ClH/c7-6(8)2-1-3-4(6)5(3)9;/h3-5H,1-2,9H2;1H/t3-,4+,5+;/m0./s1. The van der Waals surface area contributed by atoms with Gasteiger partial charge in [0.25, 0.3) is 5.92 Å². The molecule has 0 saturated heterocycles. The molecule has 0 bridgehead atoms. The summed E-state index contributed by atoms with van der Waals surface area (Å²) in [5.74, 6) is -2.73. The van der Waals surface area contributed by atoms with Gasteiger partial charge in [-0.05, 0) is 12.3 Å². The van der Waals surface area contributed by atoms with E-state index >= 15 is 0 Å². The first-order chi connectivity index (χ1) is 4.13. The molecule has 0 aromatic rings. The molecule has 0 radical (unpaired) electrons. The molecule has 2 aliphatic rings. The van der Waals surface area contributed by atoms with E-state index in [1.54, 1.807) is 0 Å². The average molecular weight is 170 g/mol. The first-order valence-electron chi connectivity index (χ1n) is 3.26. The van der Waals surface area contributed by atoms with Crippen molar-refractivity contribution in [2.45, 2.75) is 24.8 Å². The molecule has 4 heteroatoms. The van der Waals surface area contributed by atoms with Gasteiger partial charge >= 0.3 is 0 Å². The molecule has 0 heterocycles. The predicted octanol–water partition coefficient (Wildman–Crippen LogP) is 1.41. The van der Waals surface area contributed by atoms with Crippen molar-refractivity contribution in [3.8, 4) is 0 Å². The highest BCUT2D eigenvalue weighted by Crippen LogP contribution is 2.58. The van der Waals surface area contributed by atoms with E-state index < -0.39 is 11.8 Å². The lowest BCUT2D eigenvalue weighted by Gasteiger charge is -2.10. The maximum Gasteiger partial charge on any atom is 0.252 e. The normalized spacial score (nSPS) is 47.7. The predicted molar refractivity (Wildman–Crippen MR) is 36.4 cm³/mol. The van der Waals surface area contributed by atoms with Gasteiger partial charge in [-0.15, -0.1) is 12.4 Å². The third-order valence-electron chi connectivity index (χ3n) is 2.53. The number of hydrogen-bond donors (Lipinski definition) is 1. The number of halogens is 3. The van der Waals surface area contributed by atoms with Gasteiger partial charge in [-0.2, -0.15) is 0 Å². The smallest absolute Gasteiger partial charge is 0.252 e. The highest BCUT2D eigenvalue weighted by Gasteiger charge is 2.65. The lowest BCUT2D eigenvalue weighted by atomic mass is 10.2. The first kappa shape index (κ1) is 8.21. The van der Waals surface area contributed by atoms with E-state index in [0.717, 1.165) is 0 Å². The molecule has 3 atom stereocenters. The SMILES string of the molecule is Cl.N[C@@H]1[C@H]2CCC(F)(F)[C@@H]12. The molecule has 0 aromatic heterocycles. The van der Waals surface area contributed by atoms with Crippen LogP contribution in [-0.4, -0.2) is 12.0 Å². The minimum absolute atomic E-state index is 0. The summed E-state index contributed by atoms with van der Waals surface area (Å²) < 4.78 is 25.1.